The van der Waals surface area contributed by atoms with Crippen LogP contribution in [0.15, 0.2) is 23.9 Å². The maximum absolute atomic E-state index is 11.3. The van der Waals surface area contributed by atoms with Gasteiger partial charge in [-0.05, 0) is 17.7 Å². The molecule has 3 amide bonds. The third-order valence-electron chi connectivity index (χ3n) is 2.20. The average Bonchev–Trinajstić information content (AvgIpc) is 2.60. The largest absolute Gasteiger partial charge is 0.326 e. The Morgan fingerprint density at radius 3 is 2.56 bits per heavy atom. The van der Waals surface area contributed by atoms with Crippen molar-refractivity contribution in [2.45, 2.75) is 0 Å². The molecular formula is C10H6ClN3O4. The van der Waals surface area contributed by atoms with E-state index in [-0.39, 0.29) is 16.4 Å². The van der Waals surface area contributed by atoms with Gasteiger partial charge in [-0.15, -0.1) is 0 Å². The minimum absolute atomic E-state index is 0.00191. The Balaban J connectivity index is 2.38. The summed E-state index contributed by atoms with van der Waals surface area (Å²) < 4.78 is 0. The first-order valence-corrected chi connectivity index (χ1v) is 5.13. The maximum atomic E-state index is 11.3. The van der Waals surface area contributed by atoms with Crippen LogP contribution in [0.5, 0.6) is 0 Å². The topological polar surface area (TPSA) is 101 Å². The number of carbonyl (C=O) groups excluding carboxylic acids is 2. The second-order valence-electron chi connectivity index (χ2n) is 3.43. The van der Waals surface area contributed by atoms with Crippen molar-refractivity contribution in [1.82, 2.24) is 10.6 Å². The number of nitrogens with zero attached hydrogens (tertiary/aromatic N) is 1. The molecule has 92 valence electrons. The highest BCUT2D eigenvalue weighted by Gasteiger charge is 2.23. The van der Waals surface area contributed by atoms with Gasteiger partial charge in [0.15, 0.2) is 0 Å². The molecule has 1 aromatic rings. The van der Waals surface area contributed by atoms with Gasteiger partial charge in [0.25, 0.3) is 11.6 Å². The molecule has 0 unspecified atom stereocenters. The predicted octanol–water partition coefficient (Wildman–Crippen LogP) is 1.43. The summed E-state index contributed by atoms with van der Waals surface area (Å²) in [7, 11) is 0. The summed E-state index contributed by atoms with van der Waals surface area (Å²) in [5.41, 5.74) is 0.144. The van der Waals surface area contributed by atoms with Crippen molar-refractivity contribution >= 4 is 35.3 Å². The first kappa shape index (κ1) is 12.1. The molecule has 7 nitrogen and oxygen atoms in total. The van der Waals surface area contributed by atoms with Crippen LogP contribution >= 0.6 is 11.6 Å². The fourth-order valence-electron chi connectivity index (χ4n) is 1.41. The Kier molecular flexibility index (Phi) is 2.99. The summed E-state index contributed by atoms with van der Waals surface area (Å²) in [5, 5.41) is 15.0. The lowest BCUT2D eigenvalue weighted by Gasteiger charge is -1.98. The number of urea groups is 1. The fourth-order valence-corrected chi connectivity index (χ4v) is 1.60. The zero-order valence-electron chi connectivity index (χ0n) is 8.77. The molecule has 18 heavy (non-hydrogen) atoms. The zero-order valence-corrected chi connectivity index (χ0v) is 9.52. The van der Waals surface area contributed by atoms with Crippen LogP contribution in [0.1, 0.15) is 5.56 Å². The van der Waals surface area contributed by atoms with Gasteiger partial charge >= 0.3 is 6.03 Å². The van der Waals surface area contributed by atoms with E-state index >= 15 is 0 Å². The van der Waals surface area contributed by atoms with Crippen molar-refractivity contribution in [3.05, 3.63) is 44.6 Å². The lowest BCUT2D eigenvalue weighted by molar-refractivity contribution is -0.384. The fraction of sp³-hybridized carbons (Fsp3) is 0. The van der Waals surface area contributed by atoms with E-state index in [0.29, 0.717) is 5.56 Å². The second kappa shape index (κ2) is 4.46. The Bertz CT molecular complexity index is 597. The summed E-state index contributed by atoms with van der Waals surface area (Å²) in [6.07, 6.45) is 1.32. The molecule has 1 aliphatic heterocycles. The number of imide groups is 1. The summed E-state index contributed by atoms with van der Waals surface area (Å²) in [4.78, 5) is 32.2. The quantitative estimate of drug-likeness (QED) is 0.366. The number of nitrogens with one attached hydrogen (secondary N) is 2. The molecule has 0 spiro atoms. The molecule has 2 N–H and O–H groups in total. The molecule has 0 atom stereocenters. The highest BCUT2D eigenvalue weighted by Crippen LogP contribution is 2.26. The van der Waals surface area contributed by atoms with E-state index in [1.807, 2.05) is 5.32 Å². The first-order chi connectivity index (χ1) is 8.47. The smallest absolute Gasteiger partial charge is 0.303 e. The van der Waals surface area contributed by atoms with Crippen LogP contribution in [0.2, 0.25) is 5.02 Å². The molecular weight excluding hydrogens is 262 g/mol. The summed E-state index contributed by atoms with van der Waals surface area (Å²) >= 11 is 5.65. The Morgan fingerprint density at radius 1 is 1.28 bits per heavy atom. The van der Waals surface area contributed by atoms with Gasteiger partial charge in [0, 0.05) is 6.07 Å². The number of carbonyl (C=O) groups is 2. The Hall–Kier alpha value is -2.41. The number of halogens is 1. The molecule has 1 aromatic carbocycles. The van der Waals surface area contributed by atoms with Gasteiger partial charge in [0.05, 0.1) is 4.92 Å². The second-order valence-corrected chi connectivity index (χ2v) is 3.84. The molecule has 1 heterocycles. The van der Waals surface area contributed by atoms with Gasteiger partial charge in [-0.1, -0.05) is 17.7 Å². The molecule has 8 heteroatoms. The number of hydrogen-bond acceptors (Lipinski definition) is 4. The number of nitro benzene ring substituents is 1. The molecule has 1 saturated heterocycles. The maximum Gasteiger partial charge on any atom is 0.326 e. The number of rotatable bonds is 2. The third-order valence-corrected chi connectivity index (χ3v) is 2.52. The van der Waals surface area contributed by atoms with Crippen LogP contribution in [0.3, 0.4) is 0 Å². The van der Waals surface area contributed by atoms with E-state index in [2.05, 4.69) is 5.32 Å². The van der Waals surface area contributed by atoms with Gasteiger partial charge in [-0.25, -0.2) is 4.79 Å². The zero-order chi connectivity index (χ0) is 13.3. The highest BCUT2D eigenvalue weighted by atomic mass is 35.5. The number of hydrogen-bond donors (Lipinski definition) is 2. The molecule has 0 saturated carbocycles. The van der Waals surface area contributed by atoms with Gasteiger partial charge in [-0.3, -0.25) is 20.2 Å². The monoisotopic (exact) mass is 267 g/mol. The van der Waals surface area contributed by atoms with E-state index < -0.39 is 16.9 Å². The van der Waals surface area contributed by atoms with E-state index in [1.54, 1.807) is 0 Å². The van der Waals surface area contributed by atoms with Crippen LogP contribution in [-0.2, 0) is 4.79 Å². The van der Waals surface area contributed by atoms with E-state index in [4.69, 9.17) is 11.6 Å². The summed E-state index contributed by atoms with van der Waals surface area (Å²) in [5.74, 6) is -0.586. The van der Waals surface area contributed by atoms with Crippen LogP contribution < -0.4 is 10.6 Å². The predicted molar refractivity (Wildman–Crippen MR) is 62.8 cm³/mol. The van der Waals surface area contributed by atoms with Crippen molar-refractivity contribution in [3.8, 4) is 0 Å². The minimum atomic E-state index is -0.630. The number of amides is 3. The van der Waals surface area contributed by atoms with Crippen molar-refractivity contribution in [2.24, 2.45) is 0 Å². The van der Waals surface area contributed by atoms with E-state index in [0.717, 1.165) is 0 Å². The van der Waals surface area contributed by atoms with E-state index in [9.17, 15) is 19.7 Å². The van der Waals surface area contributed by atoms with Crippen LogP contribution in [0.25, 0.3) is 6.08 Å². The van der Waals surface area contributed by atoms with Gasteiger partial charge in [0.1, 0.15) is 10.7 Å². The lowest BCUT2D eigenvalue weighted by Crippen LogP contribution is -2.22. The standard InChI is InChI=1S/C10H6ClN3O4/c11-6-2-1-5(4-8(6)14(17)18)3-7-9(15)13-10(16)12-7/h1-4H,(H2,12,13,15,16)/b7-3+. The third kappa shape index (κ3) is 2.30. The Labute approximate surface area is 106 Å². The molecule has 0 bridgehead atoms. The van der Waals surface area contributed by atoms with Gasteiger partial charge in [-0.2, -0.15) is 0 Å². The lowest BCUT2D eigenvalue weighted by atomic mass is 10.1. The van der Waals surface area contributed by atoms with Crippen LogP contribution in [-0.4, -0.2) is 16.9 Å². The normalized spacial score (nSPS) is 16.6. The van der Waals surface area contributed by atoms with E-state index in [1.165, 1.54) is 24.3 Å². The molecule has 0 aliphatic carbocycles. The first-order valence-electron chi connectivity index (χ1n) is 4.75. The minimum Gasteiger partial charge on any atom is -0.303 e. The van der Waals surface area contributed by atoms with Crippen molar-refractivity contribution in [2.75, 3.05) is 0 Å². The summed E-state index contributed by atoms with van der Waals surface area (Å²) in [6.45, 7) is 0. The number of nitro groups is 1. The van der Waals surface area contributed by atoms with Crippen LogP contribution in [0, 0.1) is 10.1 Å². The molecule has 0 aromatic heterocycles. The van der Waals surface area contributed by atoms with Crippen molar-refractivity contribution in [3.63, 3.8) is 0 Å². The highest BCUT2D eigenvalue weighted by molar-refractivity contribution is 6.32. The molecule has 1 fully saturated rings. The van der Waals surface area contributed by atoms with Crippen molar-refractivity contribution in [1.29, 1.82) is 0 Å². The molecule has 2 rings (SSSR count). The van der Waals surface area contributed by atoms with Crippen molar-refractivity contribution < 1.29 is 14.5 Å². The number of benzene rings is 1. The molecule has 0 radical (unpaired) electrons. The average molecular weight is 268 g/mol. The Morgan fingerprint density at radius 2 is 2.00 bits per heavy atom. The van der Waals surface area contributed by atoms with Gasteiger partial charge in [0.2, 0.25) is 0 Å². The summed E-state index contributed by atoms with van der Waals surface area (Å²) in [6, 6.07) is 3.43. The molecule has 1 aliphatic rings. The van der Waals surface area contributed by atoms with Crippen LogP contribution in [0.4, 0.5) is 10.5 Å². The van der Waals surface area contributed by atoms with Gasteiger partial charge < -0.3 is 5.32 Å². The SMILES string of the molecule is O=C1NC(=O)/C(=C\c2ccc(Cl)c([N+](=O)[O-])c2)N1.